The van der Waals surface area contributed by atoms with Crippen LogP contribution in [-0.2, 0) is 4.79 Å². The van der Waals surface area contributed by atoms with Gasteiger partial charge in [-0.1, -0.05) is 38.1 Å². The van der Waals surface area contributed by atoms with Crippen LogP contribution in [0.15, 0.2) is 42.5 Å². The average molecular weight is 368 g/mol. The quantitative estimate of drug-likeness (QED) is 0.728. The Balaban J connectivity index is 2.21. The summed E-state index contributed by atoms with van der Waals surface area (Å²) in [6.45, 7) is 7.28. The largest absolute Gasteiger partial charge is 0.478 e. The Morgan fingerprint density at radius 3 is 2.22 bits per heavy atom. The molecule has 27 heavy (non-hydrogen) atoms. The minimum Gasteiger partial charge on any atom is -0.478 e. The lowest BCUT2D eigenvalue weighted by atomic mass is 10.0. The van der Waals surface area contributed by atoms with Gasteiger partial charge in [0.1, 0.15) is 6.04 Å². The lowest BCUT2D eigenvalue weighted by Gasteiger charge is -2.23. The van der Waals surface area contributed by atoms with Crippen molar-refractivity contribution in [2.45, 2.75) is 33.7 Å². The number of carboxylic acid groups (broad SMARTS) is 1. The topological polar surface area (TPSA) is 95.5 Å². The van der Waals surface area contributed by atoms with E-state index < -0.39 is 17.9 Å². The summed E-state index contributed by atoms with van der Waals surface area (Å²) in [7, 11) is 0. The van der Waals surface area contributed by atoms with E-state index >= 15 is 0 Å². The summed E-state index contributed by atoms with van der Waals surface area (Å²) in [5, 5.41) is 14.7. The summed E-state index contributed by atoms with van der Waals surface area (Å²) in [4.78, 5) is 36.5. The highest BCUT2D eigenvalue weighted by Crippen LogP contribution is 2.18. The average Bonchev–Trinajstić information content (AvgIpc) is 2.61. The van der Waals surface area contributed by atoms with Gasteiger partial charge in [0, 0.05) is 11.3 Å². The molecule has 2 rings (SSSR count). The van der Waals surface area contributed by atoms with Gasteiger partial charge in [-0.25, -0.2) is 4.79 Å². The SMILES string of the molecule is Cc1ccc(C(=O)O)cc1NC(=O)C(NC(=O)c1ccccc1C)C(C)C. The highest BCUT2D eigenvalue weighted by atomic mass is 16.4. The summed E-state index contributed by atoms with van der Waals surface area (Å²) >= 11 is 0. The van der Waals surface area contributed by atoms with Crippen molar-refractivity contribution in [3.63, 3.8) is 0 Å². The predicted octanol–water partition coefficient (Wildman–Crippen LogP) is 3.39. The zero-order valence-corrected chi connectivity index (χ0v) is 15.9. The standard InChI is InChI=1S/C21H24N2O4/c1-12(2)18(23-19(24)16-8-6-5-7-13(16)3)20(25)22-17-11-15(21(26)27)10-9-14(17)4/h5-12,18H,1-4H3,(H,22,25)(H,23,24)(H,26,27). The van der Waals surface area contributed by atoms with Crippen LogP contribution in [0, 0.1) is 19.8 Å². The number of hydrogen-bond donors (Lipinski definition) is 3. The first kappa shape index (κ1) is 20.2. The fraction of sp³-hybridized carbons (Fsp3) is 0.286. The number of carbonyl (C=O) groups is 3. The third-order valence-electron chi connectivity index (χ3n) is 4.37. The summed E-state index contributed by atoms with van der Waals surface area (Å²) in [6, 6.07) is 10.9. The van der Waals surface area contributed by atoms with E-state index in [2.05, 4.69) is 10.6 Å². The first-order valence-corrected chi connectivity index (χ1v) is 8.72. The lowest BCUT2D eigenvalue weighted by Crippen LogP contribution is -2.47. The Labute approximate surface area is 158 Å². The molecule has 1 unspecified atom stereocenters. The number of amides is 2. The normalized spacial score (nSPS) is 11.7. The smallest absolute Gasteiger partial charge is 0.335 e. The van der Waals surface area contributed by atoms with Gasteiger partial charge in [-0.05, 0) is 49.1 Å². The molecule has 0 aliphatic rings. The number of carboxylic acids is 1. The minimum atomic E-state index is -1.07. The number of nitrogens with one attached hydrogen (secondary N) is 2. The molecule has 0 aromatic heterocycles. The van der Waals surface area contributed by atoms with Crippen molar-refractivity contribution in [2.75, 3.05) is 5.32 Å². The third-order valence-corrected chi connectivity index (χ3v) is 4.37. The number of anilines is 1. The molecule has 2 amide bonds. The van der Waals surface area contributed by atoms with Crippen molar-refractivity contribution in [3.05, 3.63) is 64.7 Å². The maximum atomic E-state index is 12.8. The number of hydrogen-bond acceptors (Lipinski definition) is 3. The Kier molecular flexibility index (Phi) is 6.34. The van der Waals surface area contributed by atoms with Gasteiger partial charge in [-0.3, -0.25) is 9.59 Å². The fourth-order valence-corrected chi connectivity index (χ4v) is 2.68. The van der Waals surface area contributed by atoms with Gasteiger partial charge in [0.15, 0.2) is 0 Å². The van der Waals surface area contributed by atoms with E-state index in [1.54, 1.807) is 25.1 Å². The Morgan fingerprint density at radius 1 is 0.963 bits per heavy atom. The molecule has 0 spiro atoms. The van der Waals surface area contributed by atoms with Crippen LogP contribution in [0.5, 0.6) is 0 Å². The molecule has 2 aromatic rings. The summed E-state index contributed by atoms with van der Waals surface area (Å²) < 4.78 is 0. The highest BCUT2D eigenvalue weighted by molar-refractivity contribution is 6.02. The summed E-state index contributed by atoms with van der Waals surface area (Å²) in [5.41, 5.74) is 2.57. The molecule has 142 valence electrons. The molecule has 0 bridgehead atoms. The van der Waals surface area contributed by atoms with Crippen LogP contribution in [0.2, 0.25) is 0 Å². The second kappa shape index (κ2) is 8.49. The zero-order chi connectivity index (χ0) is 20.1. The lowest BCUT2D eigenvalue weighted by molar-refractivity contribution is -0.118. The van der Waals surface area contributed by atoms with Gasteiger partial charge in [0.05, 0.1) is 5.56 Å². The van der Waals surface area contributed by atoms with Crippen LogP contribution in [0.25, 0.3) is 0 Å². The van der Waals surface area contributed by atoms with E-state index in [0.717, 1.165) is 11.1 Å². The van der Waals surface area contributed by atoms with Crippen molar-refractivity contribution in [2.24, 2.45) is 5.92 Å². The van der Waals surface area contributed by atoms with Gasteiger partial charge in [-0.2, -0.15) is 0 Å². The number of aryl methyl sites for hydroxylation is 2. The van der Waals surface area contributed by atoms with Crippen molar-refractivity contribution in [3.8, 4) is 0 Å². The third kappa shape index (κ3) is 4.94. The molecule has 0 heterocycles. The molecule has 0 radical (unpaired) electrons. The summed E-state index contributed by atoms with van der Waals surface area (Å²) in [6.07, 6.45) is 0. The second-order valence-corrected chi connectivity index (χ2v) is 6.83. The second-order valence-electron chi connectivity index (χ2n) is 6.83. The maximum absolute atomic E-state index is 12.8. The minimum absolute atomic E-state index is 0.0842. The molecule has 0 saturated heterocycles. The Hall–Kier alpha value is -3.15. The van der Waals surface area contributed by atoms with Gasteiger partial charge in [0.2, 0.25) is 5.91 Å². The number of aromatic carboxylic acids is 1. The van der Waals surface area contributed by atoms with Crippen LogP contribution in [0.1, 0.15) is 45.7 Å². The van der Waals surface area contributed by atoms with E-state index in [4.69, 9.17) is 5.11 Å². The molecular formula is C21H24N2O4. The number of rotatable bonds is 6. The van der Waals surface area contributed by atoms with Gasteiger partial charge < -0.3 is 15.7 Å². The fourth-order valence-electron chi connectivity index (χ4n) is 2.68. The zero-order valence-electron chi connectivity index (χ0n) is 15.9. The molecule has 0 fully saturated rings. The van der Waals surface area contributed by atoms with Crippen LogP contribution in [0.4, 0.5) is 5.69 Å². The number of benzene rings is 2. The molecule has 0 aliphatic heterocycles. The molecule has 6 heteroatoms. The van der Waals surface area contributed by atoms with Gasteiger partial charge in [-0.15, -0.1) is 0 Å². The Morgan fingerprint density at radius 2 is 1.63 bits per heavy atom. The van der Waals surface area contributed by atoms with E-state index in [9.17, 15) is 14.4 Å². The molecule has 6 nitrogen and oxygen atoms in total. The van der Waals surface area contributed by atoms with E-state index in [0.29, 0.717) is 11.3 Å². The van der Waals surface area contributed by atoms with E-state index in [1.165, 1.54) is 12.1 Å². The van der Waals surface area contributed by atoms with Crippen LogP contribution >= 0.6 is 0 Å². The maximum Gasteiger partial charge on any atom is 0.335 e. The van der Waals surface area contributed by atoms with Crippen molar-refractivity contribution < 1.29 is 19.5 Å². The molecule has 0 aliphatic carbocycles. The highest BCUT2D eigenvalue weighted by Gasteiger charge is 2.25. The molecule has 0 saturated carbocycles. The predicted molar refractivity (Wildman–Crippen MR) is 104 cm³/mol. The molecule has 1 atom stereocenters. The first-order chi connectivity index (χ1) is 12.7. The number of carbonyl (C=O) groups excluding carboxylic acids is 2. The summed E-state index contributed by atoms with van der Waals surface area (Å²) in [5.74, 6) is -1.93. The van der Waals surface area contributed by atoms with Gasteiger partial charge in [0.25, 0.3) is 5.91 Å². The van der Waals surface area contributed by atoms with Crippen LogP contribution < -0.4 is 10.6 Å². The van der Waals surface area contributed by atoms with Crippen LogP contribution in [-0.4, -0.2) is 28.9 Å². The van der Waals surface area contributed by atoms with Crippen LogP contribution in [0.3, 0.4) is 0 Å². The van der Waals surface area contributed by atoms with Gasteiger partial charge >= 0.3 is 5.97 Å². The van der Waals surface area contributed by atoms with Crippen molar-refractivity contribution in [1.82, 2.24) is 5.32 Å². The first-order valence-electron chi connectivity index (χ1n) is 8.72. The van der Waals surface area contributed by atoms with E-state index in [-0.39, 0.29) is 17.4 Å². The van der Waals surface area contributed by atoms with E-state index in [1.807, 2.05) is 32.9 Å². The van der Waals surface area contributed by atoms with Crippen molar-refractivity contribution in [1.29, 1.82) is 0 Å². The van der Waals surface area contributed by atoms with Crippen molar-refractivity contribution >= 4 is 23.5 Å². The molecular weight excluding hydrogens is 344 g/mol. The molecule has 3 N–H and O–H groups in total. The molecule has 2 aromatic carbocycles. The Bertz CT molecular complexity index is 874. The monoisotopic (exact) mass is 368 g/mol.